The average molecular weight is 315 g/mol. The van der Waals surface area contributed by atoms with E-state index in [1.807, 2.05) is 23.6 Å². The van der Waals surface area contributed by atoms with Crippen molar-refractivity contribution in [2.24, 2.45) is 0 Å². The normalized spacial score (nSPS) is 10.4. The van der Waals surface area contributed by atoms with E-state index in [-0.39, 0.29) is 6.03 Å². The smallest absolute Gasteiger partial charge is 0.317 e. The summed E-state index contributed by atoms with van der Waals surface area (Å²) in [6.07, 6.45) is 0.877. The number of carbonyl (C=O) groups excluding carboxylic acids is 1. The summed E-state index contributed by atoms with van der Waals surface area (Å²) < 4.78 is 0.751. The van der Waals surface area contributed by atoms with E-state index in [4.69, 9.17) is 11.6 Å². The Balaban J connectivity index is 1.73. The number of amides is 2. The number of rotatable bonds is 5. The van der Waals surface area contributed by atoms with E-state index in [0.29, 0.717) is 13.1 Å². The third-order valence-corrected chi connectivity index (χ3v) is 4.75. The van der Waals surface area contributed by atoms with Crippen molar-refractivity contribution in [3.8, 4) is 0 Å². The summed E-state index contributed by atoms with van der Waals surface area (Å²) in [5.41, 5.74) is 0. The van der Waals surface area contributed by atoms with E-state index in [2.05, 4.69) is 11.4 Å². The maximum absolute atomic E-state index is 11.9. The summed E-state index contributed by atoms with van der Waals surface area (Å²) in [7, 11) is 1.79. The Bertz CT molecular complexity index is 524. The van der Waals surface area contributed by atoms with Crippen molar-refractivity contribution in [2.75, 3.05) is 13.6 Å². The maximum Gasteiger partial charge on any atom is 0.317 e. The van der Waals surface area contributed by atoms with Gasteiger partial charge in [-0.3, -0.25) is 0 Å². The second-order valence-corrected chi connectivity index (χ2v) is 6.96. The maximum atomic E-state index is 11.9. The molecular weight excluding hydrogens is 300 g/mol. The molecule has 6 heteroatoms. The van der Waals surface area contributed by atoms with E-state index < -0.39 is 0 Å². The highest BCUT2D eigenvalue weighted by Gasteiger charge is 2.09. The minimum Gasteiger partial charge on any atom is -0.338 e. The largest absolute Gasteiger partial charge is 0.338 e. The van der Waals surface area contributed by atoms with Gasteiger partial charge < -0.3 is 10.2 Å². The first-order valence-corrected chi connectivity index (χ1v) is 7.98. The lowest BCUT2D eigenvalue weighted by atomic mass is 10.3. The van der Waals surface area contributed by atoms with Crippen LogP contribution in [0.5, 0.6) is 0 Å². The Morgan fingerprint density at radius 2 is 2.21 bits per heavy atom. The van der Waals surface area contributed by atoms with Crippen molar-refractivity contribution in [3.63, 3.8) is 0 Å². The SMILES string of the molecule is CN(Cc1ccc(Cl)s1)C(=O)NCCc1cccs1. The predicted octanol–water partition coefficient (Wildman–Crippen LogP) is 3.85. The Morgan fingerprint density at radius 1 is 1.37 bits per heavy atom. The highest BCUT2D eigenvalue weighted by molar-refractivity contribution is 7.16. The zero-order valence-electron chi connectivity index (χ0n) is 10.6. The van der Waals surface area contributed by atoms with Crippen molar-refractivity contribution in [1.29, 1.82) is 0 Å². The molecule has 102 valence electrons. The molecule has 0 saturated carbocycles. The van der Waals surface area contributed by atoms with Gasteiger partial charge in [0, 0.05) is 23.3 Å². The van der Waals surface area contributed by atoms with Gasteiger partial charge >= 0.3 is 6.03 Å². The van der Waals surface area contributed by atoms with Crippen LogP contribution in [-0.4, -0.2) is 24.5 Å². The molecule has 2 rings (SSSR count). The fraction of sp³-hybridized carbons (Fsp3) is 0.308. The summed E-state index contributed by atoms with van der Waals surface area (Å²) in [5, 5.41) is 4.96. The van der Waals surface area contributed by atoms with Gasteiger partial charge in [-0.25, -0.2) is 4.79 Å². The van der Waals surface area contributed by atoms with Gasteiger partial charge in [-0.1, -0.05) is 17.7 Å². The molecule has 1 N–H and O–H groups in total. The van der Waals surface area contributed by atoms with Crippen molar-refractivity contribution in [3.05, 3.63) is 43.7 Å². The van der Waals surface area contributed by atoms with Crippen LogP contribution in [0.3, 0.4) is 0 Å². The third-order valence-electron chi connectivity index (χ3n) is 2.60. The topological polar surface area (TPSA) is 32.3 Å². The highest BCUT2D eigenvalue weighted by Crippen LogP contribution is 2.22. The Hall–Kier alpha value is -1.04. The molecule has 0 aromatic carbocycles. The minimum atomic E-state index is -0.0546. The number of thiophene rings is 2. The molecule has 0 atom stereocenters. The summed E-state index contributed by atoms with van der Waals surface area (Å²) in [6, 6.07) is 7.84. The molecule has 0 aliphatic carbocycles. The zero-order chi connectivity index (χ0) is 13.7. The summed E-state index contributed by atoms with van der Waals surface area (Å²) in [5.74, 6) is 0. The van der Waals surface area contributed by atoms with Crippen LogP contribution in [0.25, 0.3) is 0 Å². The molecule has 0 aliphatic heterocycles. The number of hydrogen-bond donors (Lipinski definition) is 1. The number of urea groups is 1. The molecule has 0 spiro atoms. The van der Waals surface area contributed by atoms with Gasteiger partial charge in [-0.2, -0.15) is 0 Å². The molecule has 0 radical (unpaired) electrons. The predicted molar refractivity (Wildman–Crippen MR) is 82.2 cm³/mol. The van der Waals surface area contributed by atoms with Gasteiger partial charge in [0.25, 0.3) is 0 Å². The van der Waals surface area contributed by atoms with Crippen LogP contribution < -0.4 is 5.32 Å². The third kappa shape index (κ3) is 4.53. The van der Waals surface area contributed by atoms with Crippen LogP contribution >= 0.6 is 34.3 Å². The average Bonchev–Trinajstić information content (AvgIpc) is 3.01. The van der Waals surface area contributed by atoms with Crippen LogP contribution in [0, 0.1) is 0 Å². The first kappa shape index (κ1) is 14.4. The fourth-order valence-corrected chi connectivity index (χ4v) is 3.47. The van der Waals surface area contributed by atoms with E-state index in [9.17, 15) is 4.79 Å². The number of nitrogens with one attached hydrogen (secondary N) is 1. The van der Waals surface area contributed by atoms with Gasteiger partial charge in [-0.15, -0.1) is 22.7 Å². The van der Waals surface area contributed by atoms with E-state index in [1.165, 1.54) is 16.2 Å². The van der Waals surface area contributed by atoms with Gasteiger partial charge in [0.2, 0.25) is 0 Å². The van der Waals surface area contributed by atoms with Crippen molar-refractivity contribution in [2.45, 2.75) is 13.0 Å². The van der Waals surface area contributed by atoms with E-state index >= 15 is 0 Å². The van der Waals surface area contributed by atoms with Crippen molar-refractivity contribution >= 4 is 40.3 Å². The number of hydrogen-bond acceptors (Lipinski definition) is 3. The molecule has 2 aromatic heterocycles. The second kappa shape index (κ2) is 6.93. The Labute approximate surface area is 125 Å². The van der Waals surface area contributed by atoms with Gasteiger partial charge in [0.15, 0.2) is 0 Å². The Morgan fingerprint density at radius 3 is 2.84 bits per heavy atom. The summed E-state index contributed by atoms with van der Waals surface area (Å²) >= 11 is 9.08. The van der Waals surface area contributed by atoms with E-state index in [0.717, 1.165) is 15.6 Å². The second-order valence-electron chi connectivity index (χ2n) is 4.12. The quantitative estimate of drug-likeness (QED) is 0.893. The molecule has 2 amide bonds. The molecule has 0 saturated heterocycles. The Kier molecular flexibility index (Phi) is 5.24. The first-order valence-electron chi connectivity index (χ1n) is 5.90. The molecule has 2 heterocycles. The lowest BCUT2D eigenvalue weighted by Gasteiger charge is -2.16. The highest BCUT2D eigenvalue weighted by atomic mass is 35.5. The van der Waals surface area contributed by atoms with Crippen LogP contribution in [0.15, 0.2) is 29.6 Å². The molecule has 0 fully saturated rings. The van der Waals surface area contributed by atoms with Gasteiger partial charge in [-0.05, 0) is 30.0 Å². The summed E-state index contributed by atoms with van der Waals surface area (Å²) in [4.78, 5) is 15.9. The van der Waals surface area contributed by atoms with Crippen molar-refractivity contribution < 1.29 is 4.79 Å². The van der Waals surface area contributed by atoms with Crippen LogP contribution in [-0.2, 0) is 13.0 Å². The number of nitrogens with zero attached hydrogens (tertiary/aromatic N) is 1. The van der Waals surface area contributed by atoms with Crippen LogP contribution in [0.4, 0.5) is 4.79 Å². The lowest BCUT2D eigenvalue weighted by Crippen LogP contribution is -2.37. The minimum absolute atomic E-state index is 0.0546. The molecule has 0 bridgehead atoms. The van der Waals surface area contributed by atoms with Crippen LogP contribution in [0.2, 0.25) is 4.34 Å². The molecule has 2 aromatic rings. The van der Waals surface area contributed by atoms with E-state index in [1.54, 1.807) is 23.3 Å². The number of carbonyl (C=O) groups is 1. The standard InChI is InChI=1S/C13H15ClN2OS2/c1-16(9-11-4-5-12(14)19-11)13(17)15-7-6-10-3-2-8-18-10/h2-5,8H,6-7,9H2,1H3,(H,15,17). The number of halogens is 1. The lowest BCUT2D eigenvalue weighted by molar-refractivity contribution is 0.207. The van der Waals surface area contributed by atoms with Gasteiger partial charge in [0.1, 0.15) is 0 Å². The summed E-state index contributed by atoms with van der Waals surface area (Å²) in [6.45, 7) is 1.25. The molecule has 3 nitrogen and oxygen atoms in total. The van der Waals surface area contributed by atoms with Crippen LogP contribution in [0.1, 0.15) is 9.75 Å². The monoisotopic (exact) mass is 314 g/mol. The van der Waals surface area contributed by atoms with Gasteiger partial charge in [0.05, 0.1) is 10.9 Å². The molecule has 0 aliphatic rings. The zero-order valence-corrected chi connectivity index (χ0v) is 12.9. The van der Waals surface area contributed by atoms with Crippen molar-refractivity contribution in [1.82, 2.24) is 10.2 Å². The molecule has 0 unspecified atom stereocenters. The molecule has 19 heavy (non-hydrogen) atoms. The fourth-order valence-electron chi connectivity index (χ4n) is 1.62. The first-order chi connectivity index (χ1) is 9.15. The molecular formula is C13H15ClN2OS2.